The zero-order chi connectivity index (χ0) is 17.0. The van der Waals surface area contributed by atoms with Gasteiger partial charge >= 0.3 is 5.97 Å². The summed E-state index contributed by atoms with van der Waals surface area (Å²) in [5.74, 6) is -0.338. The molecular weight excluding hydrogens is 368 g/mol. The molecule has 1 atom stereocenters. The fourth-order valence-corrected chi connectivity index (χ4v) is 2.23. The number of halogens is 1. The Morgan fingerprint density at radius 1 is 1.43 bits per heavy atom. The van der Waals surface area contributed by atoms with Gasteiger partial charge in [-0.25, -0.2) is 0 Å². The molecule has 122 valence electrons. The van der Waals surface area contributed by atoms with E-state index in [4.69, 9.17) is 14.4 Å². The Balaban J connectivity index is 2.02. The number of aromatic nitrogens is 1. The monoisotopic (exact) mass is 382 g/mol. The molecule has 8 heteroatoms. The molecule has 2 N–H and O–H groups in total. The summed E-state index contributed by atoms with van der Waals surface area (Å²) >= 11 is 3.32. The average Bonchev–Trinajstić information content (AvgIpc) is 2.91. The summed E-state index contributed by atoms with van der Waals surface area (Å²) in [4.78, 5) is 22.7. The number of ether oxygens (including phenoxy) is 1. The molecule has 0 unspecified atom stereocenters. The predicted octanol–water partition coefficient (Wildman–Crippen LogP) is 2.53. The maximum atomic E-state index is 11.9. The largest absolute Gasteiger partial charge is 0.486 e. The van der Waals surface area contributed by atoms with Crippen LogP contribution in [0.5, 0.6) is 5.75 Å². The molecule has 1 amide bonds. The lowest BCUT2D eigenvalue weighted by Crippen LogP contribution is -2.38. The standard InChI is InChI=1S/C15H15BrN2O5/c1-8-5-11(18-23-8)7-22-13-4-3-10(6-12(13)16)14(19)17-9(2)15(20)21/h3-6,9H,7H2,1-2H3,(H,17,19)(H,20,21)/t9-/m0/s1. The molecule has 7 nitrogen and oxygen atoms in total. The number of hydrogen-bond acceptors (Lipinski definition) is 5. The second kappa shape index (κ2) is 7.28. The quantitative estimate of drug-likeness (QED) is 0.795. The molecule has 0 spiro atoms. The second-order valence-corrected chi connectivity index (χ2v) is 5.75. The first-order valence-electron chi connectivity index (χ1n) is 6.75. The van der Waals surface area contributed by atoms with E-state index < -0.39 is 17.9 Å². The molecule has 1 aromatic heterocycles. The van der Waals surface area contributed by atoms with Crippen molar-refractivity contribution in [3.8, 4) is 5.75 Å². The Labute approximate surface area is 140 Å². The van der Waals surface area contributed by atoms with Crippen molar-refractivity contribution in [1.82, 2.24) is 10.5 Å². The van der Waals surface area contributed by atoms with Gasteiger partial charge in [-0.2, -0.15) is 0 Å². The Morgan fingerprint density at radius 2 is 2.17 bits per heavy atom. The summed E-state index contributed by atoms with van der Waals surface area (Å²) in [6, 6.07) is 5.54. The van der Waals surface area contributed by atoms with E-state index in [0.717, 1.165) is 0 Å². The van der Waals surface area contributed by atoms with E-state index in [9.17, 15) is 9.59 Å². The number of aryl methyl sites for hydroxylation is 1. The highest BCUT2D eigenvalue weighted by Gasteiger charge is 2.16. The van der Waals surface area contributed by atoms with Gasteiger partial charge in [0.05, 0.1) is 4.47 Å². The maximum absolute atomic E-state index is 11.9. The Morgan fingerprint density at radius 3 is 2.74 bits per heavy atom. The third-order valence-corrected chi connectivity index (χ3v) is 3.58. The van der Waals surface area contributed by atoms with Crippen molar-refractivity contribution in [2.24, 2.45) is 0 Å². The van der Waals surface area contributed by atoms with Crippen LogP contribution in [0.2, 0.25) is 0 Å². The first kappa shape index (κ1) is 17.0. The number of aliphatic carboxylic acids is 1. The van der Waals surface area contributed by atoms with Gasteiger partial charge in [-0.3, -0.25) is 9.59 Å². The lowest BCUT2D eigenvalue weighted by Gasteiger charge is -2.11. The van der Waals surface area contributed by atoms with Gasteiger partial charge in [-0.05, 0) is 48.0 Å². The van der Waals surface area contributed by atoms with Crippen molar-refractivity contribution < 1.29 is 24.0 Å². The molecule has 0 fully saturated rings. The van der Waals surface area contributed by atoms with E-state index in [1.54, 1.807) is 31.2 Å². The van der Waals surface area contributed by atoms with Gasteiger partial charge in [-0.1, -0.05) is 5.16 Å². The van der Waals surface area contributed by atoms with Crippen LogP contribution in [-0.4, -0.2) is 28.2 Å². The van der Waals surface area contributed by atoms with Crippen molar-refractivity contribution in [2.45, 2.75) is 26.5 Å². The fourth-order valence-electron chi connectivity index (χ4n) is 1.74. The summed E-state index contributed by atoms with van der Waals surface area (Å²) in [5.41, 5.74) is 0.987. The topological polar surface area (TPSA) is 102 Å². The number of carboxylic acids is 1. The summed E-state index contributed by atoms with van der Waals surface area (Å²) in [7, 11) is 0. The molecule has 23 heavy (non-hydrogen) atoms. The lowest BCUT2D eigenvalue weighted by molar-refractivity contribution is -0.138. The summed E-state index contributed by atoms with van der Waals surface area (Å²) < 4.78 is 11.1. The van der Waals surface area contributed by atoms with Gasteiger partial charge in [0.25, 0.3) is 5.91 Å². The molecule has 0 saturated carbocycles. The number of benzene rings is 1. The second-order valence-electron chi connectivity index (χ2n) is 4.90. The van der Waals surface area contributed by atoms with Crippen LogP contribution in [0.25, 0.3) is 0 Å². The highest BCUT2D eigenvalue weighted by atomic mass is 79.9. The van der Waals surface area contributed by atoms with Crippen LogP contribution in [0.15, 0.2) is 33.3 Å². The lowest BCUT2D eigenvalue weighted by atomic mass is 10.2. The van der Waals surface area contributed by atoms with Crippen molar-refractivity contribution in [2.75, 3.05) is 0 Å². The number of hydrogen-bond donors (Lipinski definition) is 2. The molecular formula is C15H15BrN2O5. The molecule has 0 radical (unpaired) electrons. The van der Waals surface area contributed by atoms with Gasteiger partial charge in [0, 0.05) is 11.6 Å². The number of carboxylic acid groups (broad SMARTS) is 1. The van der Waals surface area contributed by atoms with Gasteiger partial charge in [0.2, 0.25) is 0 Å². The Hall–Kier alpha value is -2.35. The number of carbonyl (C=O) groups is 2. The summed E-state index contributed by atoms with van der Waals surface area (Å²) in [6.45, 7) is 3.42. The molecule has 1 aromatic carbocycles. The van der Waals surface area contributed by atoms with Crippen LogP contribution in [0.3, 0.4) is 0 Å². The van der Waals surface area contributed by atoms with E-state index in [-0.39, 0.29) is 6.61 Å². The van der Waals surface area contributed by atoms with E-state index in [2.05, 4.69) is 26.4 Å². The zero-order valence-corrected chi connectivity index (χ0v) is 14.1. The fraction of sp³-hybridized carbons (Fsp3) is 0.267. The van der Waals surface area contributed by atoms with Gasteiger partial charge in [-0.15, -0.1) is 0 Å². The average molecular weight is 383 g/mol. The number of amides is 1. The minimum Gasteiger partial charge on any atom is -0.486 e. The highest BCUT2D eigenvalue weighted by Crippen LogP contribution is 2.27. The molecule has 0 aliphatic rings. The highest BCUT2D eigenvalue weighted by molar-refractivity contribution is 9.10. The number of nitrogens with zero attached hydrogens (tertiary/aromatic N) is 1. The minimum absolute atomic E-state index is 0.234. The first-order chi connectivity index (χ1) is 10.9. The third kappa shape index (κ3) is 4.56. The van der Waals surface area contributed by atoms with Crippen LogP contribution >= 0.6 is 15.9 Å². The SMILES string of the molecule is Cc1cc(COc2ccc(C(=O)N[C@@H](C)C(=O)O)cc2Br)no1. The van der Waals surface area contributed by atoms with Crippen molar-refractivity contribution >= 4 is 27.8 Å². The van der Waals surface area contributed by atoms with Crippen molar-refractivity contribution in [3.05, 3.63) is 45.8 Å². The molecule has 2 rings (SSSR count). The molecule has 2 aromatic rings. The van der Waals surface area contributed by atoms with Crippen LogP contribution in [-0.2, 0) is 11.4 Å². The number of rotatable bonds is 6. The first-order valence-corrected chi connectivity index (χ1v) is 7.54. The molecule has 0 aliphatic carbocycles. The van der Waals surface area contributed by atoms with Crippen molar-refractivity contribution in [3.63, 3.8) is 0 Å². The van der Waals surface area contributed by atoms with E-state index in [1.807, 2.05) is 0 Å². The smallest absolute Gasteiger partial charge is 0.325 e. The predicted molar refractivity (Wildman–Crippen MR) is 84.3 cm³/mol. The molecule has 0 bridgehead atoms. The molecule has 0 saturated heterocycles. The van der Waals surface area contributed by atoms with Crippen LogP contribution in [0.4, 0.5) is 0 Å². The zero-order valence-electron chi connectivity index (χ0n) is 12.5. The van der Waals surface area contributed by atoms with Crippen molar-refractivity contribution in [1.29, 1.82) is 0 Å². The van der Waals surface area contributed by atoms with Crippen LogP contribution in [0, 0.1) is 6.92 Å². The van der Waals surface area contributed by atoms with E-state index >= 15 is 0 Å². The third-order valence-electron chi connectivity index (χ3n) is 2.96. The Kier molecular flexibility index (Phi) is 5.38. The number of carbonyl (C=O) groups excluding carboxylic acids is 1. The van der Waals surface area contributed by atoms with E-state index in [1.165, 1.54) is 6.92 Å². The van der Waals surface area contributed by atoms with E-state index in [0.29, 0.717) is 27.2 Å². The summed E-state index contributed by atoms with van der Waals surface area (Å²) in [6.07, 6.45) is 0. The molecule has 0 aliphatic heterocycles. The maximum Gasteiger partial charge on any atom is 0.325 e. The van der Waals surface area contributed by atoms with Gasteiger partial charge in [0.15, 0.2) is 0 Å². The van der Waals surface area contributed by atoms with Crippen LogP contribution in [0.1, 0.15) is 28.7 Å². The number of nitrogens with one attached hydrogen (secondary N) is 1. The minimum atomic E-state index is -1.10. The summed E-state index contributed by atoms with van der Waals surface area (Å²) in [5, 5.41) is 15.0. The molecule has 1 heterocycles. The normalized spacial score (nSPS) is 11.8. The van der Waals surface area contributed by atoms with Gasteiger partial charge in [0.1, 0.15) is 29.9 Å². The van der Waals surface area contributed by atoms with Crippen LogP contribution < -0.4 is 10.1 Å². The van der Waals surface area contributed by atoms with Gasteiger partial charge < -0.3 is 19.7 Å². The Bertz CT molecular complexity index is 728.